The summed E-state index contributed by atoms with van der Waals surface area (Å²) in [6, 6.07) is 6.96. The van der Waals surface area contributed by atoms with Crippen molar-refractivity contribution < 1.29 is 9.59 Å². The van der Waals surface area contributed by atoms with E-state index in [4.69, 9.17) is 0 Å². The summed E-state index contributed by atoms with van der Waals surface area (Å²) in [5.74, 6) is 0.446. The van der Waals surface area contributed by atoms with Crippen LogP contribution in [0.5, 0.6) is 0 Å². The van der Waals surface area contributed by atoms with Gasteiger partial charge in [-0.2, -0.15) is 0 Å². The molecule has 22 heavy (non-hydrogen) atoms. The molecule has 0 bridgehead atoms. The molecular formula is C16H24N4O2. The molecule has 1 heterocycles. The van der Waals surface area contributed by atoms with Gasteiger partial charge in [-0.3, -0.25) is 4.79 Å². The minimum absolute atomic E-state index is 0.00382. The third-order valence-corrected chi connectivity index (χ3v) is 3.76. The maximum absolute atomic E-state index is 12.1. The molecule has 1 unspecified atom stereocenters. The SMILES string of the molecule is CC(C)NC(=O)Nc1ccc(NC(=O)C(C)C2CNC2)cc1. The Morgan fingerprint density at radius 1 is 1.05 bits per heavy atom. The number of rotatable bonds is 5. The lowest BCUT2D eigenvalue weighted by Crippen LogP contribution is -2.48. The summed E-state index contributed by atoms with van der Waals surface area (Å²) in [5, 5.41) is 11.6. The van der Waals surface area contributed by atoms with Gasteiger partial charge in [-0.25, -0.2) is 4.79 Å². The molecule has 0 aliphatic carbocycles. The molecule has 2 rings (SSSR count). The van der Waals surface area contributed by atoms with Gasteiger partial charge in [0.1, 0.15) is 0 Å². The molecular weight excluding hydrogens is 280 g/mol. The number of benzene rings is 1. The maximum Gasteiger partial charge on any atom is 0.319 e. The van der Waals surface area contributed by atoms with Gasteiger partial charge in [0.15, 0.2) is 0 Å². The third-order valence-electron chi connectivity index (χ3n) is 3.76. The quantitative estimate of drug-likeness (QED) is 0.671. The number of carbonyl (C=O) groups is 2. The number of anilines is 2. The molecule has 1 saturated heterocycles. The standard InChI is InChI=1S/C16H24N4O2/c1-10(2)18-16(22)20-14-6-4-13(5-7-14)19-15(21)11(3)12-8-17-9-12/h4-7,10-12,17H,8-9H2,1-3H3,(H,19,21)(H2,18,20,22). The van der Waals surface area contributed by atoms with Crippen LogP contribution in [0.3, 0.4) is 0 Å². The van der Waals surface area contributed by atoms with Gasteiger partial charge in [-0.15, -0.1) is 0 Å². The number of carbonyl (C=O) groups excluding carboxylic acids is 2. The minimum Gasteiger partial charge on any atom is -0.336 e. The highest BCUT2D eigenvalue weighted by Crippen LogP contribution is 2.19. The second-order valence-electron chi connectivity index (χ2n) is 6.03. The summed E-state index contributed by atoms with van der Waals surface area (Å²) >= 11 is 0. The van der Waals surface area contributed by atoms with Crippen molar-refractivity contribution in [2.24, 2.45) is 11.8 Å². The van der Waals surface area contributed by atoms with Gasteiger partial charge in [-0.05, 0) is 57.1 Å². The third kappa shape index (κ3) is 4.46. The van der Waals surface area contributed by atoms with Crippen LogP contribution in [0.2, 0.25) is 0 Å². The number of amides is 3. The van der Waals surface area contributed by atoms with Crippen molar-refractivity contribution >= 4 is 23.3 Å². The van der Waals surface area contributed by atoms with Gasteiger partial charge < -0.3 is 21.3 Å². The molecule has 0 radical (unpaired) electrons. The lowest BCUT2D eigenvalue weighted by atomic mass is 9.88. The smallest absolute Gasteiger partial charge is 0.319 e. The predicted octanol–water partition coefficient (Wildman–Crippen LogP) is 2.01. The fraction of sp³-hybridized carbons (Fsp3) is 0.500. The van der Waals surface area contributed by atoms with Gasteiger partial charge in [0.2, 0.25) is 5.91 Å². The molecule has 1 fully saturated rings. The Morgan fingerprint density at radius 2 is 1.59 bits per heavy atom. The molecule has 120 valence electrons. The summed E-state index contributed by atoms with van der Waals surface area (Å²) in [6.45, 7) is 7.56. The molecule has 4 N–H and O–H groups in total. The lowest BCUT2D eigenvalue weighted by molar-refractivity contribution is -0.121. The van der Waals surface area contributed by atoms with E-state index in [1.165, 1.54) is 0 Å². The van der Waals surface area contributed by atoms with E-state index in [9.17, 15) is 9.59 Å². The fourth-order valence-corrected chi connectivity index (χ4v) is 2.20. The average Bonchev–Trinajstić information content (AvgIpc) is 2.38. The highest BCUT2D eigenvalue weighted by atomic mass is 16.2. The van der Waals surface area contributed by atoms with Crippen LogP contribution in [-0.4, -0.2) is 31.1 Å². The van der Waals surface area contributed by atoms with Crippen LogP contribution < -0.4 is 21.3 Å². The summed E-state index contributed by atoms with van der Waals surface area (Å²) in [6.07, 6.45) is 0. The van der Waals surface area contributed by atoms with Crippen molar-refractivity contribution in [3.05, 3.63) is 24.3 Å². The summed E-state index contributed by atoms with van der Waals surface area (Å²) < 4.78 is 0. The van der Waals surface area contributed by atoms with Crippen LogP contribution >= 0.6 is 0 Å². The Morgan fingerprint density at radius 3 is 2.05 bits per heavy atom. The van der Waals surface area contributed by atoms with Crippen LogP contribution in [-0.2, 0) is 4.79 Å². The van der Waals surface area contributed by atoms with E-state index < -0.39 is 0 Å². The van der Waals surface area contributed by atoms with Gasteiger partial charge in [0, 0.05) is 23.3 Å². The first-order valence-corrected chi connectivity index (χ1v) is 7.65. The fourth-order valence-electron chi connectivity index (χ4n) is 2.20. The highest BCUT2D eigenvalue weighted by Gasteiger charge is 2.28. The molecule has 1 aliphatic heterocycles. The first-order chi connectivity index (χ1) is 10.5. The van der Waals surface area contributed by atoms with Crippen molar-refractivity contribution in [3.8, 4) is 0 Å². The first kappa shape index (κ1) is 16.3. The Kier molecular flexibility index (Phi) is 5.38. The zero-order chi connectivity index (χ0) is 16.1. The molecule has 1 aromatic carbocycles. The Labute approximate surface area is 131 Å². The molecule has 6 heteroatoms. The molecule has 1 atom stereocenters. The minimum atomic E-state index is -0.238. The second kappa shape index (κ2) is 7.26. The number of urea groups is 1. The number of hydrogen-bond donors (Lipinski definition) is 4. The predicted molar refractivity (Wildman–Crippen MR) is 87.9 cm³/mol. The van der Waals surface area contributed by atoms with E-state index >= 15 is 0 Å². The molecule has 3 amide bonds. The average molecular weight is 304 g/mol. The van der Waals surface area contributed by atoms with E-state index in [2.05, 4.69) is 21.3 Å². The molecule has 1 aromatic rings. The van der Waals surface area contributed by atoms with Gasteiger partial charge in [-0.1, -0.05) is 6.92 Å². The maximum atomic E-state index is 12.1. The normalized spacial score (nSPS) is 15.8. The van der Waals surface area contributed by atoms with Crippen LogP contribution in [0.25, 0.3) is 0 Å². The van der Waals surface area contributed by atoms with Crippen LogP contribution in [0.15, 0.2) is 24.3 Å². The van der Waals surface area contributed by atoms with Gasteiger partial charge in [0.25, 0.3) is 0 Å². The molecule has 6 nitrogen and oxygen atoms in total. The first-order valence-electron chi connectivity index (χ1n) is 7.65. The molecule has 0 saturated carbocycles. The Hall–Kier alpha value is -2.08. The molecule has 1 aliphatic rings. The molecule has 0 aromatic heterocycles. The van der Waals surface area contributed by atoms with Gasteiger partial charge in [0.05, 0.1) is 0 Å². The van der Waals surface area contributed by atoms with E-state index in [1.807, 2.05) is 20.8 Å². The van der Waals surface area contributed by atoms with Crippen molar-refractivity contribution in [1.29, 1.82) is 0 Å². The Bertz CT molecular complexity index is 523. The summed E-state index contributed by atoms with van der Waals surface area (Å²) in [5.41, 5.74) is 1.42. The van der Waals surface area contributed by atoms with Gasteiger partial charge >= 0.3 is 6.03 Å². The summed E-state index contributed by atoms with van der Waals surface area (Å²) in [4.78, 5) is 23.7. The van der Waals surface area contributed by atoms with Crippen molar-refractivity contribution in [3.63, 3.8) is 0 Å². The number of nitrogens with one attached hydrogen (secondary N) is 4. The van der Waals surface area contributed by atoms with E-state index in [0.29, 0.717) is 11.6 Å². The molecule has 0 spiro atoms. The van der Waals surface area contributed by atoms with Crippen LogP contribution in [0, 0.1) is 11.8 Å². The number of hydrogen-bond acceptors (Lipinski definition) is 3. The van der Waals surface area contributed by atoms with Crippen molar-refractivity contribution in [2.75, 3.05) is 23.7 Å². The van der Waals surface area contributed by atoms with E-state index in [0.717, 1.165) is 18.8 Å². The zero-order valence-electron chi connectivity index (χ0n) is 13.3. The topological polar surface area (TPSA) is 82.3 Å². The second-order valence-corrected chi connectivity index (χ2v) is 6.03. The van der Waals surface area contributed by atoms with Crippen molar-refractivity contribution in [2.45, 2.75) is 26.8 Å². The van der Waals surface area contributed by atoms with Crippen LogP contribution in [0.1, 0.15) is 20.8 Å². The van der Waals surface area contributed by atoms with E-state index in [1.54, 1.807) is 24.3 Å². The highest BCUT2D eigenvalue weighted by molar-refractivity contribution is 5.93. The van der Waals surface area contributed by atoms with Crippen molar-refractivity contribution in [1.82, 2.24) is 10.6 Å². The largest absolute Gasteiger partial charge is 0.336 e. The van der Waals surface area contributed by atoms with Crippen LogP contribution in [0.4, 0.5) is 16.2 Å². The monoisotopic (exact) mass is 304 g/mol. The zero-order valence-corrected chi connectivity index (χ0v) is 13.3. The Balaban J connectivity index is 1.86. The van der Waals surface area contributed by atoms with E-state index in [-0.39, 0.29) is 23.9 Å². The lowest BCUT2D eigenvalue weighted by Gasteiger charge is -2.31. The summed E-state index contributed by atoms with van der Waals surface area (Å²) in [7, 11) is 0.